The SMILES string of the molecule is CC(C)COCC(NCc1cccc(C(=O)O)c1)c1ccco1. The Labute approximate surface area is 136 Å². The monoisotopic (exact) mass is 317 g/mol. The molecule has 0 aliphatic heterocycles. The van der Waals surface area contributed by atoms with E-state index in [1.165, 1.54) is 0 Å². The molecule has 124 valence electrons. The smallest absolute Gasteiger partial charge is 0.335 e. The second-order valence-corrected chi connectivity index (χ2v) is 5.89. The van der Waals surface area contributed by atoms with Gasteiger partial charge in [-0.15, -0.1) is 0 Å². The van der Waals surface area contributed by atoms with Crippen molar-refractivity contribution in [1.29, 1.82) is 0 Å². The van der Waals surface area contributed by atoms with E-state index < -0.39 is 5.97 Å². The fourth-order valence-electron chi connectivity index (χ4n) is 2.21. The first-order chi connectivity index (χ1) is 11.1. The number of carbonyl (C=O) groups is 1. The van der Waals surface area contributed by atoms with Gasteiger partial charge >= 0.3 is 5.97 Å². The third kappa shape index (κ3) is 5.54. The zero-order valence-electron chi connectivity index (χ0n) is 13.5. The summed E-state index contributed by atoms with van der Waals surface area (Å²) in [4.78, 5) is 11.0. The first kappa shape index (κ1) is 17.2. The summed E-state index contributed by atoms with van der Waals surface area (Å²) >= 11 is 0. The molecule has 0 spiro atoms. The fourth-order valence-corrected chi connectivity index (χ4v) is 2.21. The van der Waals surface area contributed by atoms with E-state index >= 15 is 0 Å². The minimum absolute atomic E-state index is 0.0720. The Balaban J connectivity index is 1.97. The molecule has 0 amide bonds. The van der Waals surface area contributed by atoms with Crippen LogP contribution in [0.15, 0.2) is 47.1 Å². The van der Waals surface area contributed by atoms with Crippen LogP contribution in [0.2, 0.25) is 0 Å². The van der Waals surface area contributed by atoms with Crippen molar-refractivity contribution in [3.05, 3.63) is 59.5 Å². The number of benzene rings is 1. The molecule has 0 saturated carbocycles. The van der Waals surface area contributed by atoms with Gasteiger partial charge in [-0.2, -0.15) is 0 Å². The van der Waals surface area contributed by atoms with Crippen molar-refractivity contribution in [3.8, 4) is 0 Å². The summed E-state index contributed by atoms with van der Waals surface area (Å²) < 4.78 is 11.2. The number of aromatic carboxylic acids is 1. The summed E-state index contributed by atoms with van der Waals surface area (Å²) in [6.45, 7) is 5.94. The Kier molecular flexibility index (Phi) is 6.38. The molecule has 5 nitrogen and oxygen atoms in total. The van der Waals surface area contributed by atoms with Crippen LogP contribution in [-0.2, 0) is 11.3 Å². The van der Waals surface area contributed by atoms with Gasteiger partial charge in [-0.1, -0.05) is 26.0 Å². The van der Waals surface area contributed by atoms with Crippen molar-refractivity contribution in [2.45, 2.75) is 26.4 Å². The molecule has 1 unspecified atom stereocenters. The predicted octanol–water partition coefficient (Wildman–Crippen LogP) is 3.48. The zero-order valence-corrected chi connectivity index (χ0v) is 13.5. The largest absolute Gasteiger partial charge is 0.478 e. The van der Waals surface area contributed by atoms with Gasteiger partial charge in [0.1, 0.15) is 5.76 Å². The molecule has 0 aliphatic carbocycles. The van der Waals surface area contributed by atoms with Crippen molar-refractivity contribution in [3.63, 3.8) is 0 Å². The highest BCUT2D eigenvalue weighted by atomic mass is 16.5. The van der Waals surface area contributed by atoms with Crippen LogP contribution < -0.4 is 5.32 Å². The first-order valence-electron chi connectivity index (χ1n) is 7.73. The van der Waals surface area contributed by atoms with E-state index in [-0.39, 0.29) is 11.6 Å². The van der Waals surface area contributed by atoms with Crippen LogP contribution in [-0.4, -0.2) is 24.3 Å². The summed E-state index contributed by atoms with van der Waals surface area (Å²) in [6, 6.07) is 10.6. The predicted molar refractivity (Wildman–Crippen MR) is 87.3 cm³/mol. The number of nitrogens with one attached hydrogen (secondary N) is 1. The lowest BCUT2D eigenvalue weighted by Crippen LogP contribution is -2.25. The molecule has 5 heteroatoms. The lowest BCUT2D eigenvalue weighted by Gasteiger charge is -2.18. The third-order valence-electron chi connectivity index (χ3n) is 3.35. The summed E-state index contributed by atoms with van der Waals surface area (Å²) in [5.41, 5.74) is 1.19. The number of carboxylic acids is 1. The van der Waals surface area contributed by atoms with E-state index in [9.17, 15) is 4.79 Å². The quantitative estimate of drug-likeness (QED) is 0.741. The van der Waals surface area contributed by atoms with E-state index in [0.29, 0.717) is 25.7 Å². The van der Waals surface area contributed by atoms with Gasteiger partial charge in [0.25, 0.3) is 0 Å². The van der Waals surface area contributed by atoms with E-state index in [4.69, 9.17) is 14.3 Å². The average molecular weight is 317 g/mol. The maximum Gasteiger partial charge on any atom is 0.335 e. The summed E-state index contributed by atoms with van der Waals surface area (Å²) in [6.07, 6.45) is 1.64. The lowest BCUT2D eigenvalue weighted by molar-refractivity contribution is 0.0696. The highest BCUT2D eigenvalue weighted by molar-refractivity contribution is 5.87. The second-order valence-electron chi connectivity index (χ2n) is 5.89. The Hall–Kier alpha value is -2.11. The zero-order chi connectivity index (χ0) is 16.7. The Morgan fingerprint density at radius 1 is 1.26 bits per heavy atom. The molecule has 0 bridgehead atoms. The summed E-state index contributed by atoms with van der Waals surface area (Å²) in [5.74, 6) is 0.359. The molecule has 1 atom stereocenters. The minimum Gasteiger partial charge on any atom is -0.478 e. The molecule has 0 fully saturated rings. The number of carboxylic acid groups (broad SMARTS) is 1. The summed E-state index contributed by atoms with van der Waals surface area (Å²) in [5, 5.41) is 12.4. The van der Waals surface area contributed by atoms with Crippen LogP contribution in [0.3, 0.4) is 0 Å². The van der Waals surface area contributed by atoms with Gasteiger partial charge in [-0.25, -0.2) is 4.79 Å². The highest BCUT2D eigenvalue weighted by Gasteiger charge is 2.15. The summed E-state index contributed by atoms with van der Waals surface area (Å²) in [7, 11) is 0. The van der Waals surface area contributed by atoms with Crippen LogP contribution >= 0.6 is 0 Å². The lowest BCUT2D eigenvalue weighted by atomic mass is 10.1. The van der Waals surface area contributed by atoms with Crippen LogP contribution in [0.4, 0.5) is 0 Å². The molecule has 1 aromatic heterocycles. The number of hydrogen-bond acceptors (Lipinski definition) is 4. The molecule has 0 radical (unpaired) electrons. The first-order valence-corrected chi connectivity index (χ1v) is 7.73. The van der Waals surface area contributed by atoms with Gasteiger partial charge in [0.05, 0.1) is 24.5 Å². The van der Waals surface area contributed by atoms with Gasteiger partial charge < -0.3 is 19.6 Å². The molecule has 2 rings (SSSR count). The molecule has 0 aliphatic rings. The van der Waals surface area contributed by atoms with Gasteiger partial charge in [0.2, 0.25) is 0 Å². The van der Waals surface area contributed by atoms with Gasteiger partial charge in [-0.05, 0) is 35.7 Å². The maximum absolute atomic E-state index is 11.0. The third-order valence-corrected chi connectivity index (χ3v) is 3.35. The number of hydrogen-bond donors (Lipinski definition) is 2. The van der Waals surface area contributed by atoms with E-state index in [1.54, 1.807) is 24.5 Å². The van der Waals surface area contributed by atoms with E-state index in [2.05, 4.69) is 19.2 Å². The van der Waals surface area contributed by atoms with Crippen molar-refractivity contribution < 1.29 is 19.1 Å². The molecule has 0 saturated heterocycles. The molecule has 2 N–H and O–H groups in total. The normalized spacial score (nSPS) is 12.5. The molecule has 23 heavy (non-hydrogen) atoms. The van der Waals surface area contributed by atoms with Crippen LogP contribution in [0.25, 0.3) is 0 Å². The molecule has 1 heterocycles. The van der Waals surface area contributed by atoms with Crippen LogP contribution in [0.1, 0.15) is 41.6 Å². The Bertz CT molecular complexity index is 607. The average Bonchev–Trinajstić information content (AvgIpc) is 3.04. The standard InChI is InChI=1S/C18H23NO4/c1-13(2)11-22-12-16(17-7-4-8-23-17)19-10-14-5-3-6-15(9-14)18(20)21/h3-9,13,16,19H,10-12H2,1-2H3,(H,20,21). The maximum atomic E-state index is 11.0. The van der Waals surface area contributed by atoms with Crippen molar-refractivity contribution in [2.24, 2.45) is 5.92 Å². The second kappa shape index (κ2) is 8.50. The van der Waals surface area contributed by atoms with E-state index in [0.717, 1.165) is 11.3 Å². The number of rotatable bonds is 9. The van der Waals surface area contributed by atoms with Crippen LogP contribution in [0.5, 0.6) is 0 Å². The molecular formula is C18H23NO4. The van der Waals surface area contributed by atoms with Gasteiger partial charge in [0.15, 0.2) is 0 Å². The molecule has 2 aromatic rings. The van der Waals surface area contributed by atoms with Crippen molar-refractivity contribution in [1.82, 2.24) is 5.32 Å². The van der Waals surface area contributed by atoms with Crippen LogP contribution in [0, 0.1) is 5.92 Å². The Morgan fingerprint density at radius 3 is 2.74 bits per heavy atom. The van der Waals surface area contributed by atoms with Crippen molar-refractivity contribution in [2.75, 3.05) is 13.2 Å². The number of ether oxygens (including phenoxy) is 1. The molecular weight excluding hydrogens is 294 g/mol. The highest BCUT2D eigenvalue weighted by Crippen LogP contribution is 2.16. The van der Waals surface area contributed by atoms with Gasteiger partial charge in [-0.3, -0.25) is 0 Å². The van der Waals surface area contributed by atoms with Crippen molar-refractivity contribution >= 4 is 5.97 Å². The van der Waals surface area contributed by atoms with Gasteiger partial charge in [0, 0.05) is 13.2 Å². The molecule has 1 aromatic carbocycles. The fraction of sp³-hybridized carbons (Fsp3) is 0.389. The van der Waals surface area contributed by atoms with E-state index in [1.807, 2.05) is 18.2 Å². The minimum atomic E-state index is -0.922. The Morgan fingerprint density at radius 2 is 2.09 bits per heavy atom. The topological polar surface area (TPSA) is 71.7 Å². The number of furan rings is 1.